The zero-order valence-corrected chi connectivity index (χ0v) is 19.2. The average molecular weight is 443 g/mol. The summed E-state index contributed by atoms with van der Waals surface area (Å²) in [6.45, 7) is 4.95. The summed E-state index contributed by atoms with van der Waals surface area (Å²) < 4.78 is 5.95. The molecule has 2 saturated carbocycles. The summed E-state index contributed by atoms with van der Waals surface area (Å²) in [7, 11) is 0. The molecule has 2 fully saturated rings. The second-order valence-electron chi connectivity index (χ2n) is 10.1. The highest BCUT2D eigenvalue weighted by Gasteiger charge is 2.76. The Hall–Kier alpha value is -2.05. The first-order chi connectivity index (χ1) is 15.2. The minimum absolute atomic E-state index is 0.0548. The maximum absolute atomic E-state index is 13.5. The van der Waals surface area contributed by atoms with Crippen LogP contribution in [0.4, 0.5) is 0 Å². The van der Waals surface area contributed by atoms with Crippen LogP contribution in [0.25, 0.3) is 0 Å². The van der Waals surface area contributed by atoms with Crippen LogP contribution in [0.2, 0.25) is 0 Å². The van der Waals surface area contributed by atoms with Gasteiger partial charge in [-0.05, 0) is 48.7 Å². The molecule has 174 valence electrons. The first-order valence-corrected chi connectivity index (χ1v) is 11.9. The highest BCUT2D eigenvalue weighted by atomic mass is 16.6. The monoisotopic (exact) mass is 442 g/mol. The maximum atomic E-state index is 13.5. The van der Waals surface area contributed by atoms with Crippen molar-refractivity contribution in [2.45, 2.75) is 76.9 Å². The number of fused-ring (bicyclic) bond motifs is 5. The molecule has 0 saturated heterocycles. The number of Topliss-reactive ketones (excluding diaryl/α,β-unsaturated/α-hetero) is 2. The molecular weight excluding hydrogens is 408 g/mol. The quantitative estimate of drug-likeness (QED) is 0.613. The lowest BCUT2D eigenvalue weighted by Gasteiger charge is -2.66. The molecule has 0 aromatic rings. The standard InChI is InChI=1S/C26H34O6/c1-4-5-11-22(30)32-25(21(29)15-27)12-7-9-18-14-20(28)23-19-10-6-8-17(19)13-16(2)24(23,3)26(18,25)31/h6,8,10,13,16,18,23,27,31H,4-5,7,9,11-12,14-15H2,1-3H3/t16-,18?,23?,24+,25+,26+/m1/s1. The van der Waals surface area contributed by atoms with Crippen molar-refractivity contribution in [1.82, 2.24) is 0 Å². The highest BCUT2D eigenvalue weighted by Crippen LogP contribution is 2.66. The van der Waals surface area contributed by atoms with E-state index in [1.54, 1.807) is 0 Å². The van der Waals surface area contributed by atoms with E-state index in [2.05, 4.69) is 0 Å². The van der Waals surface area contributed by atoms with Gasteiger partial charge in [0.05, 0.1) is 5.92 Å². The number of hydrogen-bond acceptors (Lipinski definition) is 6. The van der Waals surface area contributed by atoms with Crippen LogP contribution >= 0.6 is 0 Å². The Balaban J connectivity index is 1.91. The average Bonchev–Trinajstić information content (AvgIpc) is 3.21. The first-order valence-electron chi connectivity index (χ1n) is 11.9. The summed E-state index contributed by atoms with van der Waals surface area (Å²) in [5, 5.41) is 22.6. The normalized spacial score (nSPS) is 40.0. The molecule has 2 N–H and O–H groups in total. The van der Waals surface area contributed by atoms with Crippen LogP contribution in [0.5, 0.6) is 0 Å². The van der Waals surface area contributed by atoms with Gasteiger partial charge in [0.25, 0.3) is 0 Å². The Bertz CT molecular complexity index is 929. The molecule has 0 amide bonds. The Labute approximate surface area is 189 Å². The summed E-state index contributed by atoms with van der Waals surface area (Å²) in [6.07, 6.45) is 10.8. The molecule has 6 heteroatoms. The van der Waals surface area contributed by atoms with E-state index in [4.69, 9.17) is 4.74 Å². The van der Waals surface area contributed by atoms with Crippen molar-refractivity contribution in [2.24, 2.45) is 23.2 Å². The number of allylic oxidation sites excluding steroid dienone is 6. The van der Waals surface area contributed by atoms with E-state index < -0.39 is 46.8 Å². The van der Waals surface area contributed by atoms with E-state index in [-0.39, 0.29) is 31.0 Å². The largest absolute Gasteiger partial charge is 0.448 e. The molecule has 0 bridgehead atoms. The fraction of sp³-hybridized carbons (Fsp3) is 0.654. The van der Waals surface area contributed by atoms with Gasteiger partial charge in [0.2, 0.25) is 11.4 Å². The van der Waals surface area contributed by atoms with Crippen LogP contribution in [0.1, 0.15) is 65.7 Å². The van der Waals surface area contributed by atoms with E-state index >= 15 is 0 Å². The summed E-state index contributed by atoms with van der Waals surface area (Å²) in [6, 6.07) is 0. The predicted molar refractivity (Wildman–Crippen MR) is 118 cm³/mol. The van der Waals surface area contributed by atoms with Crippen molar-refractivity contribution >= 4 is 17.5 Å². The molecule has 6 atom stereocenters. The van der Waals surface area contributed by atoms with Crippen LogP contribution in [-0.4, -0.2) is 45.6 Å². The Morgan fingerprint density at radius 3 is 2.75 bits per heavy atom. The van der Waals surface area contributed by atoms with Crippen molar-refractivity contribution in [3.05, 3.63) is 35.5 Å². The molecule has 0 aliphatic heterocycles. The Morgan fingerprint density at radius 1 is 1.31 bits per heavy atom. The molecule has 0 aromatic carbocycles. The van der Waals surface area contributed by atoms with E-state index in [0.29, 0.717) is 19.3 Å². The summed E-state index contributed by atoms with van der Waals surface area (Å²) in [4.78, 5) is 39.7. The van der Waals surface area contributed by atoms with Gasteiger partial charge in [-0.1, -0.05) is 51.5 Å². The van der Waals surface area contributed by atoms with Crippen molar-refractivity contribution < 1.29 is 29.3 Å². The Morgan fingerprint density at radius 2 is 2.06 bits per heavy atom. The minimum atomic E-state index is -1.87. The van der Waals surface area contributed by atoms with Crippen LogP contribution in [-0.2, 0) is 19.1 Å². The van der Waals surface area contributed by atoms with Gasteiger partial charge in [-0.2, -0.15) is 0 Å². The van der Waals surface area contributed by atoms with Gasteiger partial charge in [-0.3, -0.25) is 14.4 Å². The summed E-state index contributed by atoms with van der Waals surface area (Å²) in [5.74, 6) is -2.54. The molecule has 4 rings (SSSR count). The van der Waals surface area contributed by atoms with Crippen LogP contribution in [0, 0.1) is 23.2 Å². The first kappa shape index (κ1) is 23.1. The van der Waals surface area contributed by atoms with Crippen molar-refractivity contribution in [3.63, 3.8) is 0 Å². The molecule has 0 radical (unpaired) electrons. The fourth-order valence-electron chi connectivity index (χ4n) is 7.01. The number of ether oxygens (including phenoxy) is 1. The number of unbranched alkanes of at least 4 members (excludes halogenated alkanes) is 1. The molecular formula is C26H34O6. The molecule has 0 aromatic heterocycles. The molecule has 6 nitrogen and oxygen atoms in total. The van der Waals surface area contributed by atoms with Gasteiger partial charge in [-0.25, -0.2) is 0 Å². The second-order valence-corrected chi connectivity index (χ2v) is 10.1. The lowest BCUT2D eigenvalue weighted by atomic mass is 9.40. The smallest absolute Gasteiger partial charge is 0.306 e. The molecule has 4 aliphatic rings. The third kappa shape index (κ3) is 2.88. The highest BCUT2D eigenvalue weighted by molar-refractivity contribution is 5.95. The number of carbonyl (C=O) groups excluding carboxylic acids is 3. The van der Waals surface area contributed by atoms with E-state index in [1.165, 1.54) is 0 Å². The number of aliphatic hydroxyl groups excluding tert-OH is 1. The van der Waals surface area contributed by atoms with Crippen molar-refractivity contribution in [2.75, 3.05) is 6.61 Å². The number of carbonyl (C=O) groups is 3. The lowest BCUT2D eigenvalue weighted by Crippen LogP contribution is -2.78. The molecule has 32 heavy (non-hydrogen) atoms. The number of esters is 1. The van der Waals surface area contributed by atoms with Crippen molar-refractivity contribution in [3.8, 4) is 0 Å². The van der Waals surface area contributed by atoms with Crippen LogP contribution in [0.3, 0.4) is 0 Å². The van der Waals surface area contributed by atoms with Crippen LogP contribution < -0.4 is 0 Å². The van der Waals surface area contributed by atoms with Crippen molar-refractivity contribution in [1.29, 1.82) is 0 Å². The molecule has 2 unspecified atom stereocenters. The van der Waals surface area contributed by atoms with Crippen LogP contribution in [0.15, 0.2) is 35.5 Å². The topological polar surface area (TPSA) is 101 Å². The number of hydrogen-bond donors (Lipinski definition) is 2. The lowest BCUT2D eigenvalue weighted by molar-refractivity contribution is -0.281. The van der Waals surface area contributed by atoms with Gasteiger partial charge < -0.3 is 14.9 Å². The number of rotatable bonds is 6. The fourth-order valence-corrected chi connectivity index (χ4v) is 7.01. The maximum Gasteiger partial charge on any atom is 0.306 e. The third-order valence-electron chi connectivity index (χ3n) is 8.67. The Kier molecular flexibility index (Phi) is 5.83. The minimum Gasteiger partial charge on any atom is -0.448 e. The van der Waals surface area contributed by atoms with Gasteiger partial charge in [0.1, 0.15) is 18.0 Å². The number of ketones is 2. The second kappa shape index (κ2) is 8.07. The zero-order valence-electron chi connectivity index (χ0n) is 19.2. The third-order valence-corrected chi connectivity index (χ3v) is 8.67. The predicted octanol–water partition coefficient (Wildman–Crippen LogP) is 3.22. The van der Waals surface area contributed by atoms with Gasteiger partial charge in [-0.15, -0.1) is 0 Å². The molecule has 0 heterocycles. The van der Waals surface area contributed by atoms with Gasteiger partial charge in [0.15, 0.2) is 0 Å². The van der Waals surface area contributed by atoms with E-state index in [0.717, 1.165) is 17.6 Å². The SMILES string of the molecule is CCCCC(=O)O[C@]1(C(=O)CO)CCCC2CC(=O)C3C4=CC=CC4=C[C@@H](C)[C@]3(C)[C@@]21O. The van der Waals surface area contributed by atoms with Gasteiger partial charge >= 0.3 is 5.97 Å². The van der Waals surface area contributed by atoms with E-state index in [9.17, 15) is 24.6 Å². The van der Waals surface area contributed by atoms with E-state index in [1.807, 2.05) is 45.1 Å². The summed E-state index contributed by atoms with van der Waals surface area (Å²) >= 11 is 0. The molecule has 4 aliphatic carbocycles. The van der Waals surface area contributed by atoms with Gasteiger partial charge in [0, 0.05) is 18.3 Å². The number of aliphatic hydroxyl groups is 2. The molecule has 0 spiro atoms. The summed E-state index contributed by atoms with van der Waals surface area (Å²) in [5.41, 5.74) is -2.87. The zero-order chi connectivity index (χ0) is 23.3.